The second kappa shape index (κ2) is 5.36. The van der Waals surface area contributed by atoms with Crippen molar-refractivity contribution in [2.75, 3.05) is 0 Å². The fourth-order valence-corrected chi connectivity index (χ4v) is 3.68. The maximum atomic E-state index is 12.1. The van der Waals surface area contributed by atoms with Crippen molar-refractivity contribution in [2.24, 2.45) is 5.92 Å². The van der Waals surface area contributed by atoms with Gasteiger partial charge in [0.05, 0.1) is 5.56 Å². The van der Waals surface area contributed by atoms with Crippen LogP contribution in [0.1, 0.15) is 45.9 Å². The molecular formula is C14H16N2O3S. The third kappa shape index (κ3) is 2.60. The molecule has 0 aromatic carbocycles. The van der Waals surface area contributed by atoms with Crippen LogP contribution in [-0.2, 0) is 24.2 Å². The van der Waals surface area contributed by atoms with Crippen LogP contribution in [0.2, 0.25) is 0 Å². The summed E-state index contributed by atoms with van der Waals surface area (Å²) in [5.41, 5.74) is 1.87. The Kier molecular flexibility index (Phi) is 3.56. The third-order valence-electron chi connectivity index (χ3n) is 3.52. The Bertz CT molecular complexity index is 632. The van der Waals surface area contributed by atoms with Crippen LogP contribution in [0.5, 0.6) is 0 Å². The number of ether oxygens (including phenoxy) is 1. The predicted octanol–water partition coefficient (Wildman–Crippen LogP) is 2.92. The first kappa shape index (κ1) is 13.3. The number of rotatable bonds is 3. The Balaban J connectivity index is 1.69. The van der Waals surface area contributed by atoms with Gasteiger partial charge in [0, 0.05) is 17.2 Å². The molecule has 2 aromatic rings. The van der Waals surface area contributed by atoms with Crippen LogP contribution >= 0.6 is 11.3 Å². The summed E-state index contributed by atoms with van der Waals surface area (Å²) in [6, 6.07) is 0. The van der Waals surface area contributed by atoms with E-state index in [-0.39, 0.29) is 12.6 Å². The fourth-order valence-electron chi connectivity index (χ4n) is 2.45. The van der Waals surface area contributed by atoms with Crippen molar-refractivity contribution in [3.8, 4) is 0 Å². The molecule has 0 bridgehead atoms. The lowest BCUT2D eigenvalue weighted by Crippen LogP contribution is -2.13. The van der Waals surface area contributed by atoms with Crippen LogP contribution < -0.4 is 0 Å². The van der Waals surface area contributed by atoms with Crippen LogP contribution in [0.3, 0.4) is 0 Å². The van der Waals surface area contributed by atoms with E-state index >= 15 is 0 Å². The van der Waals surface area contributed by atoms with E-state index in [0.29, 0.717) is 23.3 Å². The number of fused-ring (bicyclic) bond motifs is 1. The second-order valence-corrected chi connectivity index (χ2v) is 6.15. The third-order valence-corrected chi connectivity index (χ3v) is 4.57. The quantitative estimate of drug-likeness (QED) is 0.814. The van der Waals surface area contributed by atoms with Gasteiger partial charge >= 0.3 is 5.97 Å². The van der Waals surface area contributed by atoms with Gasteiger partial charge in [-0.15, -0.1) is 21.5 Å². The molecule has 106 valence electrons. The summed E-state index contributed by atoms with van der Waals surface area (Å²) in [7, 11) is 0. The van der Waals surface area contributed by atoms with Crippen molar-refractivity contribution in [2.45, 2.75) is 39.7 Å². The molecule has 0 radical (unpaired) electrons. The number of aryl methyl sites for hydroxylation is 1. The van der Waals surface area contributed by atoms with Crippen molar-refractivity contribution >= 4 is 17.3 Å². The topological polar surface area (TPSA) is 65.2 Å². The minimum atomic E-state index is -0.298. The summed E-state index contributed by atoms with van der Waals surface area (Å²) in [6.45, 7) is 3.98. The van der Waals surface area contributed by atoms with Crippen LogP contribution in [0.15, 0.2) is 9.80 Å². The van der Waals surface area contributed by atoms with Crippen LogP contribution in [0.25, 0.3) is 0 Å². The standard InChI is InChI=1S/C14H16N2O3S/c1-8-3-4-10-11(7-20-12(10)5-8)14(17)18-6-13-16-15-9(2)19-13/h7-8H,3-6H2,1-2H3. The Morgan fingerprint density at radius 2 is 2.40 bits per heavy atom. The number of esters is 1. The Labute approximate surface area is 121 Å². The van der Waals surface area contributed by atoms with E-state index in [1.165, 1.54) is 10.4 Å². The molecular weight excluding hydrogens is 276 g/mol. The van der Waals surface area contributed by atoms with E-state index in [9.17, 15) is 4.79 Å². The zero-order valence-corrected chi connectivity index (χ0v) is 12.3. The highest BCUT2D eigenvalue weighted by atomic mass is 32.1. The highest BCUT2D eigenvalue weighted by molar-refractivity contribution is 7.10. The minimum absolute atomic E-state index is 0.0285. The van der Waals surface area contributed by atoms with Crippen molar-refractivity contribution < 1.29 is 13.9 Å². The van der Waals surface area contributed by atoms with Gasteiger partial charge < -0.3 is 9.15 Å². The lowest BCUT2D eigenvalue weighted by atomic mass is 9.88. The van der Waals surface area contributed by atoms with Crippen molar-refractivity contribution in [3.05, 3.63) is 33.2 Å². The molecule has 1 atom stereocenters. The lowest BCUT2D eigenvalue weighted by Gasteiger charge is -2.18. The molecule has 6 heteroatoms. The van der Waals surface area contributed by atoms with E-state index < -0.39 is 0 Å². The summed E-state index contributed by atoms with van der Waals surface area (Å²) in [5, 5.41) is 9.41. The number of hydrogen-bond acceptors (Lipinski definition) is 6. The van der Waals surface area contributed by atoms with Gasteiger partial charge in [0.2, 0.25) is 5.89 Å². The first-order chi connectivity index (χ1) is 9.63. The average molecular weight is 292 g/mol. The Morgan fingerprint density at radius 3 is 3.15 bits per heavy atom. The van der Waals surface area contributed by atoms with Crippen molar-refractivity contribution in [3.63, 3.8) is 0 Å². The average Bonchev–Trinajstić information content (AvgIpc) is 3.01. The zero-order chi connectivity index (χ0) is 14.1. The maximum absolute atomic E-state index is 12.1. The van der Waals surface area contributed by atoms with Gasteiger partial charge in [0.25, 0.3) is 5.89 Å². The summed E-state index contributed by atoms with van der Waals surface area (Å²) >= 11 is 1.66. The summed E-state index contributed by atoms with van der Waals surface area (Å²) in [4.78, 5) is 13.5. The zero-order valence-electron chi connectivity index (χ0n) is 11.5. The van der Waals surface area contributed by atoms with Gasteiger partial charge in [0.15, 0.2) is 6.61 Å². The minimum Gasteiger partial charge on any atom is -0.452 e. The molecule has 0 amide bonds. The molecule has 0 saturated heterocycles. The number of hydrogen-bond donors (Lipinski definition) is 0. The van der Waals surface area contributed by atoms with Crippen molar-refractivity contribution in [1.82, 2.24) is 10.2 Å². The van der Waals surface area contributed by atoms with Gasteiger partial charge in [-0.25, -0.2) is 4.79 Å². The SMILES string of the molecule is Cc1nnc(COC(=O)c2csc3c2CCC(C)C3)o1. The van der Waals surface area contributed by atoms with Crippen LogP contribution in [-0.4, -0.2) is 16.2 Å². The number of carbonyl (C=O) groups is 1. The molecule has 5 nitrogen and oxygen atoms in total. The molecule has 2 heterocycles. The van der Waals surface area contributed by atoms with Gasteiger partial charge in [0.1, 0.15) is 0 Å². The van der Waals surface area contributed by atoms with Gasteiger partial charge in [-0.1, -0.05) is 6.92 Å². The number of thiophene rings is 1. The molecule has 20 heavy (non-hydrogen) atoms. The molecule has 2 aromatic heterocycles. The Morgan fingerprint density at radius 1 is 1.55 bits per heavy atom. The number of aromatic nitrogens is 2. The molecule has 0 spiro atoms. The molecule has 0 N–H and O–H groups in total. The highest BCUT2D eigenvalue weighted by Crippen LogP contribution is 2.33. The van der Waals surface area contributed by atoms with Gasteiger partial charge in [-0.05, 0) is 30.7 Å². The first-order valence-electron chi connectivity index (χ1n) is 6.69. The van der Waals surface area contributed by atoms with Gasteiger partial charge in [-0.2, -0.15) is 0 Å². The molecule has 0 fully saturated rings. The maximum Gasteiger partial charge on any atom is 0.339 e. The molecule has 0 aliphatic heterocycles. The molecule has 0 saturated carbocycles. The van der Waals surface area contributed by atoms with Crippen LogP contribution in [0, 0.1) is 12.8 Å². The molecule has 1 aliphatic rings. The monoisotopic (exact) mass is 292 g/mol. The summed E-state index contributed by atoms with van der Waals surface area (Å²) < 4.78 is 10.4. The predicted molar refractivity (Wildman–Crippen MR) is 73.7 cm³/mol. The summed E-state index contributed by atoms with van der Waals surface area (Å²) in [5.74, 6) is 1.20. The van der Waals surface area contributed by atoms with E-state index in [1.807, 2.05) is 5.38 Å². The molecule has 1 aliphatic carbocycles. The van der Waals surface area contributed by atoms with Crippen LogP contribution in [0.4, 0.5) is 0 Å². The van der Waals surface area contributed by atoms with E-state index in [2.05, 4.69) is 17.1 Å². The fraction of sp³-hybridized carbons (Fsp3) is 0.500. The molecule has 1 unspecified atom stereocenters. The largest absolute Gasteiger partial charge is 0.452 e. The van der Waals surface area contributed by atoms with Gasteiger partial charge in [-0.3, -0.25) is 0 Å². The number of carbonyl (C=O) groups excluding carboxylic acids is 1. The number of nitrogens with zero attached hydrogens (tertiary/aromatic N) is 2. The van der Waals surface area contributed by atoms with E-state index in [0.717, 1.165) is 19.3 Å². The first-order valence-corrected chi connectivity index (χ1v) is 7.57. The van der Waals surface area contributed by atoms with E-state index in [1.54, 1.807) is 18.3 Å². The summed E-state index contributed by atoms with van der Waals surface area (Å²) in [6.07, 6.45) is 3.16. The van der Waals surface area contributed by atoms with E-state index in [4.69, 9.17) is 9.15 Å². The van der Waals surface area contributed by atoms with Crippen molar-refractivity contribution in [1.29, 1.82) is 0 Å². The normalized spacial score (nSPS) is 17.8. The molecule has 3 rings (SSSR count). The smallest absolute Gasteiger partial charge is 0.339 e. The second-order valence-electron chi connectivity index (χ2n) is 5.19. The Hall–Kier alpha value is -1.69. The lowest BCUT2D eigenvalue weighted by molar-refractivity contribution is 0.0436. The highest BCUT2D eigenvalue weighted by Gasteiger charge is 2.24.